The molecule has 1 aliphatic heterocycles. The molecule has 6 heteroatoms. The lowest BCUT2D eigenvalue weighted by atomic mass is 9.97. The van der Waals surface area contributed by atoms with E-state index in [0.717, 1.165) is 47.8 Å². The molecule has 2 heterocycles. The lowest BCUT2D eigenvalue weighted by Crippen LogP contribution is -2.41. The minimum atomic E-state index is -0.0693. The van der Waals surface area contributed by atoms with Gasteiger partial charge in [-0.25, -0.2) is 0 Å². The van der Waals surface area contributed by atoms with Crippen molar-refractivity contribution in [3.8, 4) is 11.3 Å². The molecule has 3 aromatic rings. The van der Waals surface area contributed by atoms with Gasteiger partial charge < -0.3 is 15.1 Å². The van der Waals surface area contributed by atoms with Gasteiger partial charge in [0.2, 0.25) is 5.91 Å². The molecule has 0 radical (unpaired) electrons. The van der Waals surface area contributed by atoms with E-state index in [9.17, 15) is 4.79 Å². The van der Waals surface area contributed by atoms with Crippen molar-refractivity contribution >= 4 is 23.1 Å². The van der Waals surface area contributed by atoms with Crippen molar-refractivity contribution in [2.75, 3.05) is 42.3 Å². The fourth-order valence-electron chi connectivity index (χ4n) is 3.98. The molecule has 1 fully saturated rings. The summed E-state index contributed by atoms with van der Waals surface area (Å²) >= 11 is 0. The van der Waals surface area contributed by atoms with Crippen LogP contribution in [0.1, 0.15) is 18.4 Å². The molecule has 0 spiro atoms. The van der Waals surface area contributed by atoms with E-state index >= 15 is 0 Å². The number of carbonyl (C=O) groups is 1. The second-order valence-electron chi connectivity index (χ2n) is 8.31. The fourth-order valence-corrected chi connectivity index (χ4v) is 3.98. The van der Waals surface area contributed by atoms with Crippen molar-refractivity contribution in [2.24, 2.45) is 5.92 Å². The van der Waals surface area contributed by atoms with Gasteiger partial charge in [0.1, 0.15) is 0 Å². The normalized spacial score (nSPS) is 16.1. The Hall–Kier alpha value is -3.41. The van der Waals surface area contributed by atoms with Gasteiger partial charge in [-0.15, -0.1) is 10.2 Å². The van der Waals surface area contributed by atoms with E-state index in [1.165, 1.54) is 5.56 Å². The van der Waals surface area contributed by atoms with Crippen LogP contribution in [0.15, 0.2) is 60.7 Å². The number of nitrogens with one attached hydrogen (secondary N) is 1. The first-order valence-corrected chi connectivity index (χ1v) is 10.7. The topological polar surface area (TPSA) is 61.4 Å². The van der Waals surface area contributed by atoms with E-state index in [1.54, 1.807) is 0 Å². The molecule has 1 aromatic heterocycles. The molecule has 6 nitrogen and oxygen atoms in total. The zero-order valence-corrected chi connectivity index (χ0v) is 18.4. The van der Waals surface area contributed by atoms with Crippen LogP contribution >= 0.6 is 0 Å². The van der Waals surface area contributed by atoms with Crippen LogP contribution in [0.4, 0.5) is 17.2 Å². The fraction of sp³-hybridized carbons (Fsp3) is 0.320. The second kappa shape index (κ2) is 9.16. The van der Waals surface area contributed by atoms with Crippen LogP contribution in [0.2, 0.25) is 0 Å². The van der Waals surface area contributed by atoms with E-state index in [1.807, 2.05) is 67.5 Å². The molecule has 1 atom stereocenters. The lowest BCUT2D eigenvalue weighted by Gasteiger charge is -2.32. The summed E-state index contributed by atoms with van der Waals surface area (Å²) in [7, 11) is 4.00. The molecular weight excluding hydrogens is 386 g/mol. The highest BCUT2D eigenvalue weighted by molar-refractivity contribution is 5.93. The summed E-state index contributed by atoms with van der Waals surface area (Å²) in [5.74, 6) is 0.817. The SMILES string of the molecule is Cc1ccccc1-c1ccc(N2CCC[C@@H](C(=O)Nc3ccc(N(C)C)cc3)C2)nn1. The Morgan fingerprint density at radius 1 is 1.03 bits per heavy atom. The van der Waals surface area contributed by atoms with Crippen molar-refractivity contribution in [2.45, 2.75) is 19.8 Å². The van der Waals surface area contributed by atoms with Gasteiger partial charge in [-0.2, -0.15) is 0 Å². The zero-order chi connectivity index (χ0) is 21.8. The Labute approximate surface area is 183 Å². The quantitative estimate of drug-likeness (QED) is 0.670. The van der Waals surface area contributed by atoms with Crippen LogP contribution in [0.5, 0.6) is 0 Å². The van der Waals surface area contributed by atoms with Gasteiger partial charge in [-0.1, -0.05) is 24.3 Å². The van der Waals surface area contributed by atoms with Gasteiger partial charge in [0.25, 0.3) is 0 Å². The Balaban J connectivity index is 1.41. The summed E-state index contributed by atoms with van der Waals surface area (Å²) in [6.45, 7) is 3.62. The second-order valence-corrected chi connectivity index (χ2v) is 8.31. The van der Waals surface area contributed by atoms with Crippen LogP contribution in [0, 0.1) is 12.8 Å². The number of aryl methyl sites for hydroxylation is 1. The van der Waals surface area contributed by atoms with Crippen molar-refractivity contribution in [3.63, 3.8) is 0 Å². The standard InChI is InChI=1S/C25H29N5O/c1-18-7-4-5-9-22(18)23-14-15-24(28-27-23)30-16-6-8-19(17-30)25(31)26-20-10-12-21(13-11-20)29(2)3/h4-5,7,9-15,19H,6,8,16-17H2,1-3H3,(H,26,31)/t19-/m1/s1. The highest BCUT2D eigenvalue weighted by atomic mass is 16.1. The molecule has 1 saturated heterocycles. The molecule has 1 amide bonds. The maximum Gasteiger partial charge on any atom is 0.229 e. The largest absolute Gasteiger partial charge is 0.378 e. The molecule has 0 aliphatic carbocycles. The molecule has 2 aromatic carbocycles. The van der Waals surface area contributed by atoms with Gasteiger partial charge in [0, 0.05) is 44.1 Å². The Bertz CT molecular complexity index is 1030. The first-order valence-electron chi connectivity index (χ1n) is 10.7. The van der Waals surface area contributed by atoms with Gasteiger partial charge in [-0.05, 0) is 61.7 Å². The maximum atomic E-state index is 12.9. The van der Waals surface area contributed by atoms with Gasteiger partial charge in [0.15, 0.2) is 5.82 Å². The highest BCUT2D eigenvalue weighted by Gasteiger charge is 2.27. The predicted molar refractivity (Wildman–Crippen MR) is 127 cm³/mol. The summed E-state index contributed by atoms with van der Waals surface area (Å²) in [5, 5.41) is 12.0. The monoisotopic (exact) mass is 415 g/mol. The first-order chi connectivity index (χ1) is 15.0. The van der Waals surface area contributed by atoms with E-state index in [2.05, 4.69) is 39.5 Å². The Morgan fingerprint density at radius 3 is 2.48 bits per heavy atom. The van der Waals surface area contributed by atoms with Crippen molar-refractivity contribution in [3.05, 3.63) is 66.2 Å². The lowest BCUT2D eigenvalue weighted by molar-refractivity contribution is -0.120. The van der Waals surface area contributed by atoms with E-state index < -0.39 is 0 Å². The van der Waals surface area contributed by atoms with E-state index in [-0.39, 0.29) is 11.8 Å². The highest BCUT2D eigenvalue weighted by Crippen LogP contribution is 2.26. The molecule has 31 heavy (non-hydrogen) atoms. The van der Waals surface area contributed by atoms with Crippen molar-refractivity contribution < 1.29 is 4.79 Å². The number of nitrogens with zero attached hydrogens (tertiary/aromatic N) is 4. The molecule has 4 rings (SSSR count). The predicted octanol–water partition coefficient (Wildman–Crippen LogP) is 4.37. The van der Waals surface area contributed by atoms with Gasteiger partial charge in [0.05, 0.1) is 11.6 Å². The van der Waals surface area contributed by atoms with Crippen LogP contribution < -0.4 is 15.1 Å². The third-order valence-corrected chi connectivity index (χ3v) is 5.84. The first kappa shape index (κ1) is 20.8. The smallest absolute Gasteiger partial charge is 0.229 e. The average Bonchev–Trinajstić information content (AvgIpc) is 2.80. The summed E-state index contributed by atoms with van der Waals surface area (Å²) in [5.41, 5.74) is 5.08. The number of hydrogen-bond acceptors (Lipinski definition) is 5. The molecule has 0 bridgehead atoms. The third kappa shape index (κ3) is 4.85. The van der Waals surface area contributed by atoms with Crippen LogP contribution in [0.3, 0.4) is 0 Å². The number of piperidine rings is 1. The Morgan fingerprint density at radius 2 is 1.81 bits per heavy atom. The number of aromatic nitrogens is 2. The number of carbonyl (C=O) groups excluding carboxylic acids is 1. The Kier molecular flexibility index (Phi) is 6.16. The summed E-state index contributed by atoms with van der Waals surface area (Å²) in [6.07, 6.45) is 1.84. The van der Waals surface area contributed by atoms with E-state index in [4.69, 9.17) is 0 Å². The number of amides is 1. The minimum absolute atomic E-state index is 0.0618. The number of hydrogen-bond donors (Lipinski definition) is 1. The average molecular weight is 416 g/mol. The minimum Gasteiger partial charge on any atom is -0.378 e. The molecular formula is C25H29N5O. The summed E-state index contributed by atoms with van der Waals surface area (Å²) < 4.78 is 0. The summed E-state index contributed by atoms with van der Waals surface area (Å²) in [6, 6.07) is 20.1. The molecule has 0 unspecified atom stereocenters. The molecule has 0 saturated carbocycles. The number of anilines is 3. The van der Waals surface area contributed by atoms with Crippen molar-refractivity contribution in [1.29, 1.82) is 0 Å². The van der Waals surface area contributed by atoms with Gasteiger partial charge >= 0.3 is 0 Å². The summed E-state index contributed by atoms with van der Waals surface area (Å²) in [4.78, 5) is 17.1. The van der Waals surface area contributed by atoms with Gasteiger partial charge in [-0.3, -0.25) is 4.79 Å². The number of benzene rings is 2. The van der Waals surface area contributed by atoms with Crippen molar-refractivity contribution in [1.82, 2.24) is 10.2 Å². The van der Waals surface area contributed by atoms with Crippen LogP contribution in [-0.4, -0.2) is 43.3 Å². The number of rotatable bonds is 5. The molecule has 160 valence electrons. The molecule has 1 N–H and O–H groups in total. The van der Waals surface area contributed by atoms with E-state index in [0.29, 0.717) is 6.54 Å². The van der Waals surface area contributed by atoms with Crippen LogP contribution in [-0.2, 0) is 4.79 Å². The van der Waals surface area contributed by atoms with Crippen LogP contribution in [0.25, 0.3) is 11.3 Å². The maximum absolute atomic E-state index is 12.9. The molecule has 1 aliphatic rings. The third-order valence-electron chi connectivity index (χ3n) is 5.84. The zero-order valence-electron chi connectivity index (χ0n) is 18.4.